The number of benzene rings is 1. The number of carbonyl (C=O) groups excluding carboxylic acids is 1. The number of nitrogens with one attached hydrogen (secondary N) is 1. The molecule has 150 valence electrons. The third kappa shape index (κ3) is 4.55. The third-order valence-electron chi connectivity index (χ3n) is 6.05. The summed E-state index contributed by atoms with van der Waals surface area (Å²) in [7, 11) is 2.04. The van der Waals surface area contributed by atoms with Gasteiger partial charge in [-0.2, -0.15) is 0 Å². The molecule has 28 heavy (non-hydrogen) atoms. The lowest BCUT2D eigenvalue weighted by Crippen LogP contribution is -2.51. The van der Waals surface area contributed by atoms with Gasteiger partial charge in [0.1, 0.15) is 11.6 Å². The van der Waals surface area contributed by atoms with Crippen molar-refractivity contribution in [2.45, 2.75) is 44.7 Å². The number of ether oxygens (including phenoxy) is 1. The van der Waals surface area contributed by atoms with Gasteiger partial charge in [-0.1, -0.05) is 24.6 Å². The Kier molecular flexibility index (Phi) is 5.95. The van der Waals surface area contributed by atoms with Gasteiger partial charge in [-0.3, -0.25) is 9.69 Å². The molecule has 6 heteroatoms. The zero-order valence-electron chi connectivity index (χ0n) is 16.6. The van der Waals surface area contributed by atoms with Crippen LogP contribution in [0.4, 0.5) is 0 Å². The van der Waals surface area contributed by atoms with Crippen molar-refractivity contribution < 1.29 is 9.53 Å². The number of fused-ring (bicyclic) bond motifs is 2. The lowest BCUT2D eigenvalue weighted by molar-refractivity contribution is -0.124. The summed E-state index contributed by atoms with van der Waals surface area (Å²) in [6.45, 7) is 2.96. The molecule has 1 amide bonds. The van der Waals surface area contributed by atoms with E-state index in [9.17, 15) is 4.79 Å². The Balaban J connectivity index is 1.42. The number of amides is 1. The zero-order valence-corrected chi connectivity index (χ0v) is 16.6. The Bertz CT molecular complexity index is 803. The maximum absolute atomic E-state index is 12.5. The minimum Gasteiger partial charge on any atom is -0.483 e. The van der Waals surface area contributed by atoms with Gasteiger partial charge in [-0.05, 0) is 43.2 Å². The molecule has 1 saturated heterocycles. The van der Waals surface area contributed by atoms with Crippen molar-refractivity contribution in [3.05, 3.63) is 48.0 Å². The third-order valence-corrected chi connectivity index (χ3v) is 6.05. The van der Waals surface area contributed by atoms with Crippen LogP contribution in [0.25, 0.3) is 0 Å². The average Bonchev–Trinajstić information content (AvgIpc) is 3.09. The standard InChI is InChI=1S/C22H30N4O2/c1-25-13-11-23-21(25)15-26-12-10-19-18(14-26)8-3-2-6-17-7-4-5-9-20(17)28-16-22(27)24-19/h4-5,7,9,11,13,18-19H,2-3,6,8,10,12,14-16H2,1H3,(H,24,27)/t18-,19+/m0/s1. The number of para-hydroxylation sites is 1. The Labute approximate surface area is 166 Å². The molecule has 6 nitrogen and oxygen atoms in total. The highest BCUT2D eigenvalue weighted by Crippen LogP contribution is 2.26. The molecule has 0 radical (unpaired) electrons. The number of rotatable bonds is 2. The molecule has 3 heterocycles. The average molecular weight is 383 g/mol. The molecular formula is C22H30N4O2. The summed E-state index contributed by atoms with van der Waals surface area (Å²) in [6, 6.07) is 8.32. The van der Waals surface area contributed by atoms with Crippen LogP contribution in [0.3, 0.4) is 0 Å². The Hall–Kier alpha value is -2.34. The summed E-state index contributed by atoms with van der Waals surface area (Å²) >= 11 is 0. The number of nitrogens with zero attached hydrogens (tertiary/aromatic N) is 3. The maximum Gasteiger partial charge on any atom is 0.258 e. The molecule has 2 aromatic rings. The molecule has 0 aliphatic carbocycles. The van der Waals surface area contributed by atoms with E-state index in [0.29, 0.717) is 5.92 Å². The summed E-state index contributed by atoms with van der Waals surface area (Å²) in [5, 5.41) is 3.25. The second kappa shape index (κ2) is 8.78. The molecule has 0 unspecified atom stereocenters. The fourth-order valence-corrected chi connectivity index (χ4v) is 4.45. The number of carbonyl (C=O) groups is 1. The second-order valence-electron chi connectivity index (χ2n) is 8.05. The van der Waals surface area contributed by atoms with Crippen LogP contribution in [0.1, 0.15) is 37.1 Å². The Morgan fingerprint density at radius 1 is 1.25 bits per heavy atom. The lowest BCUT2D eigenvalue weighted by Gasteiger charge is -2.39. The van der Waals surface area contributed by atoms with Crippen LogP contribution in [0.15, 0.2) is 36.7 Å². The molecule has 1 aromatic heterocycles. The van der Waals surface area contributed by atoms with Crippen molar-refractivity contribution in [2.75, 3.05) is 19.7 Å². The topological polar surface area (TPSA) is 59.4 Å². The fraction of sp³-hybridized carbons (Fsp3) is 0.545. The van der Waals surface area contributed by atoms with Gasteiger partial charge in [0.2, 0.25) is 0 Å². The largest absolute Gasteiger partial charge is 0.483 e. The lowest BCUT2D eigenvalue weighted by atomic mass is 9.87. The van der Waals surface area contributed by atoms with E-state index in [-0.39, 0.29) is 18.6 Å². The van der Waals surface area contributed by atoms with Gasteiger partial charge in [-0.15, -0.1) is 0 Å². The van der Waals surface area contributed by atoms with Gasteiger partial charge in [0.25, 0.3) is 5.91 Å². The van der Waals surface area contributed by atoms with Crippen molar-refractivity contribution in [3.63, 3.8) is 0 Å². The number of imidazole rings is 1. The van der Waals surface area contributed by atoms with E-state index in [1.165, 1.54) is 12.0 Å². The quantitative estimate of drug-likeness (QED) is 0.867. The van der Waals surface area contributed by atoms with E-state index in [1.807, 2.05) is 37.6 Å². The highest BCUT2D eigenvalue weighted by molar-refractivity contribution is 5.78. The molecule has 1 aromatic carbocycles. The van der Waals surface area contributed by atoms with Gasteiger partial charge in [0, 0.05) is 38.6 Å². The van der Waals surface area contributed by atoms with Crippen molar-refractivity contribution in [3.8, 4) is 5.75 Å². The molecule has 1 fully saturated rings. The first-order valence-corrected chi connectivity index (χ1v) is 10.4. The zero-order chi connectivity index (χ0) is 19.3. The number of aromatic nitrogens is 2. The van der Waals surface area contributed by atoms with Crippen LogP contribution in [0.5, 0.6) is 5.75 Å². The van der Waals surface area contributed by atoms with Gasteiger partial charge >= 0.3 is 0 Å². The molecule has 0 saturated carbocycles. The van der Waals surface area contributed by atoms with Crippen LogP contribution in [-0.4, -0.2) is 46.1 Å². The molecular weight excluding hydrogens is 352 g/mol. The molecule has 0 spiro atoms. The smallest absolute Gasteiger partial charge is 0.258 e. The first kappa shape index (κ1) is 19.0. The molecule has 1 N–H and O–H groups in total. The number of hydrogen-bond donors (Lipinski definition) is 1. The monoisotopic (exact) mass is 382 g/mol. The summed E-state index contributed by atoms with van der Waals surface area (Å²) < 4.78 is 7.91. The Morgan fingerprint density at radius 2 is 2.14 bits per heavy atom. The molecule has 2 aliphatic heterocycles. The number of likely N-dealkylation sites (tertiary alicyclic amines) is 1. The highest BCUT2D eigenvalue weighted by atomic mass is 16.5. The first-order valence-electron chi connectivity index (χ1n) is 10.4. The predicted octanol–water partition coefficient (Wildman–Crippen LogP) is 2.53. The molecule has 0 bridgehead atoms. The van der Waals surface area contributed by atoms with Crippen molar-refractivity contribution in [1.29, 1.82) is 0 Å². The van der Waals surface area contributed by atoms with Gasteiger partial charge in [0.05, 0.1) is 6.54 Å². The summed E-state index contributed by atoms with van der Waals surface area (Å²) in [6.07, 6.45) is 9.30. The summed E-state index contributed by atoms with van der Waals surface area (Å²) in [5.74, 6) is 2.41. The minimum absolute atomic E-state index is 0.0112. The van der Waals surface area contributed by atoms with E-state index >= 15 is 0 Å². The van der Waals surface area contributed by atoms with Gasteiger partial charge < -0.3 is 14.6 Å². The van der Waals surface area contributed by atoms with E-state index in [0.717, 1.165) is 56.9 Å². The van der Waals surface area contributed by atoms with E-state index in [2.05, 4.69) is 25.8 Å². The minimum atomic E-state index is -0.0112. The molecule has 2 atom stereocenters. The number of aryl methyl sites for hydroxylation is 2. The van der Waals surface area contributed by atoms with Crippen LogP contribution < -0.4 is 10.1 Å². The van der Waals surface area contributed by atoms with E-state index < -0.39 is 0 Å². The number of hydrogen-bond acceptors (Lipinski definition) is 4. The second-order valence-corrected chi connectivity index (χ2v) is 8.05. The summed E-state index contributed by atoms with van der Waals surface area (Å²) in [4.78, 5) is 19.4. The number of piperidine rings is 1. The van der Waals surface area contributed by atoms with Gasteiger partial charge in [-0.25, -0.2) is 4.98 Å². The van der Waals surface area contributed by atoms with Crippen LogP contribution in [-0.2, 0) is 24.8 Å². The first-order chi connectivity index (χ1) is 13.7. The van der Waals surface area contributed by atoms with Gasteiger partial charge in [0.15, 0.2) is 6.61 Å². The van der Waals surface area contributed by atoms with Crippen molar-refractivity contribution in [2.24, 2.45) is 13.0 Å². The van der Waals surface area contributed by atoms with Crippen molar-refractivity contribution >= 4 is 5.91 Å². The highest BCUT2D eigenvalue weighted by Gasteiger charge is 2.30. The van der Waals surface area contributed by atoms with Crippen LogP contribution in [0, 0.1) is 5.92 Å². The molecule has 4 rings (SSSR count). The molecule has 2 aliphatic rings. The maximum atomic E-state index is 12.5. The van der Waals surface area contributed by atoms with Crippen LogP contribution in [0.2, 0.25) is 0 Å². The Morgan fingerprint density at radius 3 is 3.00 bits per heavy atom. The normalized spacial score (nSPS) is 24.1. The van der Waals surface area contributed by atoms with E-state index in [4.69, 9.17) is 4.74 Å². The van der Waals surface area contributed by atoms with Crippen molar-refractivity contribution in [1.82, 2.24) is 19.8 Å². The fourth-order valence-electron chi connectivity index (χ4n) is 4.45. The van der Waals surface area contributed by atoms with Crippen LogP contribution >= 0.6 is 0 Å². The SMILES string of the molecule is Cn1ccnc1CN1CC[C@H]2NC(=O)COc3ccccc3CCCC[C@H]2C1. The predicted molar refractivity (Wildman–Crippen MR) is 108 cm³/mol. The summed E-state index contributed by atoms with van der Waals surface area (Å²) in [5.41, 5.74) is 1.20. The van der Waals surface area contributed by atoms with E-state index in [1.54, 1.807) is 0 Å².